The first-order valence-corrected chi connectivity index (χ1v) is 6.25. The van der Waals surface area contributed by atoms with Crippen LogP contribution in [0.3, 0.4) is 0 Å². The molecule has 1 aromatic rings. The second kappa shape index (κ2) is 5.61. The number of nitrogens with zero attached hydrogens (tertiary/aromatic N) is 2. The van der Waals surface area contributed by atoms with Crippen LogP contribution in [0, 0.1) is 11.3 Å². The van der Waals surface area contributed by atoms with E-state index in [9.17, 15) is 4.79 Å². The monoisotopic (exact) mass is 260 g/mol. The first kappa shape index (κ1) is 13.2. The highest BCUT2D eigenvalue weighted by Gasteiger charge is 2.36. The SMILES string of the molecule is CCN(CC#N)C(=O)[C@@H]1Oc2ccccc2O[C@H]1C. The van der Waals surface area contributed by atoms with Crippen molar-refractivity contribution in [2.75, 3.05) is 13.1 Å². The van der Waals surface area contributed by atoms with Crippen molar-refractivity contribution in [2.45, 2.75) is 26.1 Å². The van der Waals surface area contributed by atoms with Crippen molar-refractivity contribution in [3.8, 4) is 17.6 Å². The van der Waals surface area contributed by atoms with Crippen LogP contribution in [0.2, 0.25) is 0 Å². The summed E-state index contributed by atoms with van der Waals surface area (Å²) in [5.74, 6) is 0.986. The van der Waals surface area contributed by atoms with Crippen LogP contribution in [0.5, 0.6) is 11.5 Å². The Hall–Kier alpha value is -2.22. The molecular weight excluding hydrogens is 244 g/mol. The topological polar surface area (TPSA) is 62.6 Å². The molecule has 1 amide bonds. The molecule has 5 nitrogen and oxygen atoms in total. The smallest absolute Gasteiger partial charge is 0.268 e. The summed E-state index contributed by atoms with van der Waals surface area (Å²) >= 11 is 0. The first-order valence-electron chi connectivity index (χ1n) is 6.25. The number of para-hydroxylation sites is 2. The summed E-state index contributed by atoms with van der Waals surface area (Å²) in [6.07, 6.45) is -1.08. The Bertz CT molecular complexity index is 510. The Kier molecular flexibility index (Phi) is 3.91. The minimum Gasteiger partial charge on any atom is -0.482 e. The molecule has 0 aromatic heterocycles. The number of amides is 1. The van der Waals surface area contributed by atoms with Gasteiger partial charge in [-0.05, 0) is 26.0 Å². The minimum atomic E-state index is -0.705. The maximum absolute atomic E-state index is 12.3. The zero-order chi connectivity index (χ0) is 13.8. The van der Waals surface area contributed by atoms with Gasteiger partial charge >= 0.3 is 0 Å². The normalized spacial score (nSPS) is 20.5. The van der Waals surface area contributed by atoms with Gasteiger partial charge in [0.05, 0.1) is 6.07 Å². The van der Waals surface area contributed by atoms with Gasteiger partial charge in [-0.1, -0.05) is 12.1 Å². The third kappa shape index (κ3) is 2.63. The lowest BCUT2D eigenvalue weighted by molar-refractivity contribution is -0.143. The van der Waals surface area contributed by atoms with Gasteiger partial charge in [-0.25, -0.2) is 0 Å². The zero-order valence-electron chi connectivity index (χ0n) is 11.0. The minimum absolute atomic E-state index is 0.0591. The van der Waals surface area contributed by atoms with Crippen molar-refractivity contribution < 1.29 is 14.3 Å². The molecule has 100 valence electrons. The molecule has 0 N–H and O–H groups in total. The van der Waals surface area contributed by atoms with Gasteiger partial charge in [-0.2, -0.15) is 5.26 Å². The predicted molar refractivity (Wildman–Crippen MR) is 68.8 cm³/mol. The second-order valence-electron chi connectivity index (χ2n) is 4.32. The predicted octanol–water partition coefficient (Wildman–Crippen LogP) is 1.59. The molecule has 19 heavy (non-hydrogen) atoms. The molecule has 0 radical (unpaired) electrons. The Balaban J connectivity index is 2.18. The lowest BCUT2D eigenvalue weighted by Crippen LogP contribution is -2.50. The van der Waals surface area contributed by atoms with E-state index in [1.54, 1.807) is 19.1 Å². The van der Waals surface area contributed by atoms with Crippen LogP contribution in [0.1, 0.15) is 13.8 Å². The number of rotatable bonds is 3. The molecule has 1 aliphatic heterocycles. The quantitative estimate of drug-likeness (QED) is 0.774. The first-order chi connectivity index (χ1) is 9.17. The fourth-order valence-electron chi connectivity index (χ4n) is 2.00. The number of benzene rings is 1. The average Bonchev–Trinajstić information content (AvgIpc) is 2.43. The highest BCUT2D eigenvalue weighted by atomic mass is 16.6. The summed E-state index contributed by atoms with van der Waals surface area (Å²) in [5, 5.41) is 8.72. The molecule has 0 saturated carbocycles. The fourth-order valence-corrected chi connectivity index (χ4v) is 2.00. The van der Waals surface area contributed by atoms with Gasteiger partial charge in [0, 0.05) is 6.54 Å². The molecule has 0 spiro atoms. The van der Waals surface area contributed by atoms with Gasteiger partial charge < -0.3 is 14.4 Å². The third-order valence-corrected chi connectivity index (χ3v) is 3.04. The van der Waals surface area contributed by atoms with E-state index < -0.39 is 6.10 Å². The highest BCUT2D eigenvalue weighted by molar-refractivity contribution is 5.82. The standard InChI is InChI=1S/C14H16N2O3/c1-3-16(9-8-15)14(17)13-10(2)18-11-6-4-5-7-12(11)19-13/h4-7,10,13H,3,9H2,1-2H3/t10-,13+/m0/s1. The number of hydrogen-bond donors (Lipinski definition) is 0. The lowest BCUT2D eigenvalue weighted by atomic mass is 10.1. The van der Waals surface area contributed by atoms with Crippen LogP contribution in [0.15, 0.2) is 24.3 Å². The molecule has 5 heteroatoms. The van der Waals surface area contributed by atoms with Crippen molar-refractivity contribution in [3.05, 3.63) is 24.3 Å². The number of carbonyl (C=O) groups is 1. The van der Waals surface area contributed by atoms with E-state index in [1.165, 1.54) is 4.90 Å². The number of likely N-dealkylation sites (N-methyl/N-ethyl adjacent to an activating group) is 1. The molecule has 0 fully saturated rings. The van der Waals surface area contributed by atoms with E-state index in [-0.39, 0.29) is 18.6 Å². The van der Waals surface area contributed by atoms with Crippen LogP contribution in [0.4, 0.5) is 0 Å². The highest BCUT2D eigenvalue weighted by Crippen LogP contribution is 2.33. The van der Waals surface area contributed by atoms with E-state index in [1.807, 2.05) is 25.1 Å². The average molecular weight is 260 g/mol. The molecule has 0 unspecified atom stereocenters. The van der Waals surface area contributed by atoms with Gasteiger partial charge in [0.2, 0.25) is 6.10 Å². The largest absolute Gasteiger partial charge is 0.482 e. The maximum atomic E-state index is 12.3. The Morgan fingerprint density at radius 1 is 1.37 bits per heavy atom. The van der Waals surface area contributed by atoms with E-state index in [4.69, 9.17) is 14.7 Å². The van der Waals surface area contributed by atoms with Crippen LogP contribution in [-0.2, 0) is 4.79 Å². The molecule has 1 aromatic carbocycles. The summed E-state index contributed by atoms with van der Waals surface area (Å²) in [4.78, 5) is 13.8. The summed E-state index contributed by atoms with van der Waals surface area (Å²) in [5.41, 5.74) is 0. The maximum Gasteiger partial charge on any atom is 0.268 e. The van der Waals surface area contributed by atoms with Crippen molar-refractivity contribution >= 4 is 5.91 Å². The lowest BCUT2D eigenvalue weighted by Gasteiger charge is -2.33. The Labute approximate surface area is 112 Å². The molecule has 0 aliphatic carbocycles. The van der Waals surface area contributed by atoms with Crippen LogP contribution < -0.4 is 9.47 Å². The zero-order valence-corrected chi connectivity index (χ0v) is 11.0. The van der Waals surface area contributed by atoms with Crippen LogP contribution in [-0.4, -0.2) is 36.1 Å². The van der Waals surface area contributed by atoms with Crippen LogP contribution >= 0.6 is 0 Å². The van der Waals surface area contributed by atoms with Gasteiger partial charge in [-0.15, -0.1) is 0 Å². The summed E-state index contributed by atoms with van der Waals surface area (Å²) in [7, 11) is 0. The second-order valence-corrected chi connectivity index (χ2v) is 4.32. The van der Waals surface area contributed by atoms with Gasteiger partial charge in [0.15, 0.2) is 11.5 Å². The van der Waals surface area contributed by atoms with Crippen molar-refractivity contribution in [1.82, 2.24) is 4.90 Å². The van der Waals surface area contributed by atoms with Crippen molar-refractivity contribution in [3.63, 3.8) is 0 Å². The van der Waals surface area contributed by atoms with Crippen molar-refractivity contribution in [2.24, 2.45) is 0 Å². The van der Waals surface area contributed by atoms with Crippen LogP contribution in [0.25, 0.3) is 0 Å². The number of ether oxygens (including phenoxy) is 2. The molecule has 0 saturated heterocycles. The number of nitriles is 1. The third-order valence-electron chi connectivity index (χ3n) is 3.04. The Morgan fingerprint density at radius 3 is 2.58 bits per heavy atom. The fraction of sp³-hybridized carbons (Fsp3) is 0.429. The van der Waals surface area contributed by atoms with Gasteiger partial charge in [0.1, 0.15) is 12.6 Å². The molecule has 0 bridgehead atoms. The van der Waals surface area contributed by atoms with Gasteiger partial charge in [-0.3, -0.25) is 4.79 Å². The van der Waals surface area contributed by atoms with E-state index in [0.29, 0.717) is 18.0 Å². The number of hydrogen-bond acceptors (Lipinski definition) is 4. The number of fused-ring (bicyclic) bond motifs is 1. The molecule has 2 atom stereocenters. The van der Waals surface area contributed by atoms with Crippen molar-refractivity contribution in [1.29, 1.82) is 5.26 Å². The number of carbonyl (C=O) groups excluding carboxylic acids is 1. The molecule has 1 aliphatic rings. The van der Waals surface area contributed by atoms with E-state index >= 15 is 0 Å². The van der Waals surface area contributed by atoms with Gasteiger partial charge in [0.25, 0.3) is 5.91 Å². The molecule has 1 heterocycles. The summed E-state index contributed by atoms with van der Waals surface area (Å²) in [6.45, 7) is 4.15. The molecular formula is C14H16N2O3. The summed E-state index contributed by atoms with van der Waals surface area (Å²) in [6, 6.07) is 9.23. The van der Waals surface area contributed by atoms with E-state index in [0.717, 1.165) is 0 Å². The Morgan fingerprint density at radius 2 is 2.00 bits per heavy atom. The molecule has 2 rings (SSSR count). The van der Waals surface area contributed by atoms with E-state index in [2.05, 4.69) is 0 Å². The summed E-state index contributed by atoms with van der Waals surface area (Å²) < 4.78 is 11.4.